The minimum absolute atomic E-state index is 0.314. The summed E-state index contributed by atoms with van der Waals surface area (Å²) >= 11 is 0. The van der Waals surface area contributed by atoms with Gasteiger partial charge in [-0.3, -0.25) is 19.8 Å². The predicted octanol–water partition coefficient (Wildman–Crippen LogP) is 3.60. The number of aryl methyl sites for hydroxylation is 2. The second-order valence-corrected chi connectivity index (χ2v) is 8.07. The Morgan fingerprint density at radius 1 is 1.14 bits per heavy atom. The fourth-order valence-corrected chi connectivity index (χ4v) is 3.93. The van der Waals surface area contributed by atoms with Gasteiger partial charge in [0, 0.05) is 36.1 Å². The lowest BCUT2D eigenvalue weighted by molar-refractivity contribution is 0.0977. The van der Waals surface area contributed by atoms with E-state index in [-0.39, 0.29) is 5.91 Å². The number of benzene rings is 2. The van der Waals surface area contributed by atoms with Gasteiger partial charge >= 0.3 is 0 Å². The van der Waals surface area contributed by atoms with Crippen LogP contribution in [0.25, 0.3) is 0 Å². The molecular weight excluding hydrogens is 444 g/mol. The largest absolute Gasteiger partial charge is 0.486 e. The number of ether oxygens (including phenoxy) is 2. The number of guanidine groups is 1. The molecule has 0 bridgehead atoms. The van der Waals surface area contributed by atoms with Crippen LogP contribution in [0.5, 0.6) is 11.5 Å². The molecule has 180 valence electrons. The third-order valence-corrected chi connectivity index (χ3v) is 5.78. The van der Waals surface area contributed by atoms with Crippen LogP contribution in [0.1, 0.15) is 39.8 Å². The number of nitrogens with one attached hydrogen (secondary N) is 2. The first-order valence-electron chi connectivity index (χ1n) is 11.5. The van der Waals surface area contributed by atoms with Gasteiger partial charge in [-0.05, 0) is 69.2 Å². The summed E-state index contributed by atoms with van der Waals surface area (Å²) in [5, 5.41) is 19.6. The van der Waals surface area contributed by atoms with E-state index < -0.39 is 0 Å². The van der Waals surface area contributed by atoms with E-state index in [2.05, 4.69) is 40.6 Å². The maximum atomic E-state index is 12.9. The van der Waals surface area contributed by atoms with E-state index in [0.717, 1.165) is 23.5 Å². The highest BCUT2D eigenvalue weighted by Crippen LogP contribution is 2.32. The number of hydrogen-bond acceptors (Lipinski definition) is 6. The molecular formula is C26H28N6O3. The summed E-state index contributed by atoms with van der Waals surface area (Å²) in [5.41, 5.74) is 4.90. The highest BCUT2D eigenvalue weighted by Gasteiger charge is 2.15. The molecule has 0 spiro atoms. The molecule has 9 heteroatoms. The van der Waals surface area contributed by atoms with Crippen LogP contribution >= 0.6 is 0 Å². The van der Waals surface area contributed by atoms with Gasteiger partial charge in [0.15, 0.2) is 11.5 Å². The lowest BCUT2D eigenvalue weighted by Gasteiger charge is -2.19. The number of nitriles is 1. The van der Waals surface area contributed by atoms with Gasteiger partial charge in [-0.2, -0.15) is 10.4 Å². The zero-order chi connectivity index (χ0) is 24.8. The standard InChI is InChI=1S/C26H28N6O3/c1-4-32-18(3)22(17(2)31-32)11-12-28-26(30-25(33)20-7-5-19(16-27)6-8-20)29-21-9-10-23-24(15-21)35-14-13-34-23/h5-10,15H,4,11-14H2,1-3H3,(H2,28,29,30,33). The SMILES string of the molecule is CCn1nc(C)c(CCN=C(NC(=O)c2ccc(C#N)cc2)Nc2ccc3c(c2)OCCO3)c1C. The molecule has 0 unspecified atom stereocenters. The van der Waals surface area contributed by atoms with Crippen LogP contribution < -0.4 is 20.1 Å². The maximum Gasteiger partial charge on any atom is 0.257 e. The van der Waals surface area contributed by atoms with Crippen molar-refractivity contribution in [3.8, 4) is 17.6 Å². The average Bonchev–Trinajstić information content (AvgIpc) is 3.16. The van der Waals surface area contributed by atoms with E-state index in [4.69, 9.17) is 14.7 Å². The lowest BCUT2D eigenvalue weighted by atomic mass is 10.1. The van der Waals surface area contributed by atoms with E-state index in [1.807, 2.05) is 29.8 Å². The van der Waals surface area contributed by atoms with Crippen LogP contribution in [0.15, 0.2) is 47.5 Å². The molecule has 0 fully saturated rings. The number of hydrogen-bond donors (Lipinski definition) is 2. The van der Waals surface area contributed by atoms with Crippen molar-refractivity contribution in [3.63, 3.8) is 0 Å². The van der Waals surface area contributed by atoms with Gasteiger partial charge in [0.2, 0.25) is 5.96 Å². The Balaban J connectivity index is 1.54. The smallest absolute Gasteiger partial charge is 0.257 e. The zero-order valence-electron chi connectivity index (χ0n) is 20.1. The van der Waals surface area contributed by atoms with Crippen LogP contribution in [-0.2, 0) is 13.0 Å². The Morgan fingerprint density at radius 3 is 2.57 bits per heavy atom. The Labute approximate surface area is 204 Å². The Bertz CT molecular complexity index is 1290. The van der Waals surface area contributed by atoms with Crippen molar-refractivity contribution >= 4 is 17.6 Å². The van der Waals surface area contributed by atoms with Crippen LogP contribution in [0.2, 0.25) is 0 Å². The van der Waals surface area contributed by atoms with Gasteiger partial charge in [0.05, 0.1) is 17.3 Å². The van der Waals surface area contributed by atoms with Gasteiger partial charge in [0.1, 0.15) is 13.2 Å². The Hall–Kier alpha value is -4.32. The summed E-state index contributed by atoms with van der Waals surface area (Å²) in [4.78, 5) is 17.5. The van der Waals surface area contributed by atoms with E-state index in [0.29, 0.717) is 60.5 Å². The number of fused-ring (bicyclic) bond motifs is 1. The van der Waals surface area contributed by atoms with Crippen LogP contribution in [0, 0.1) is 25.2 Å². The van der Waals surface area contributed by atoms with Crippen LogP contribution in [-0.4, -0.2) is 41.4 Å². The molecule has 0 atom stereocenters. The lowest BCUT2D eigenvalue weighted by Crippen LogP contribution is -2.36. The number of aromatic nitrogens is 2. The third kappa shape index (κ3) is 5.61. The number of rotatable bonds is 6. The van der Waals surface area contributed by atoms with Gasteiger partial charge in [-0.15, -0.1) is 0 Å². The summed E-state index contributed by atoms with van der Waals surface area (Å²) in [6.07, 6.45) is 0.691. The number of aliphatic imine (C=N–C) groups is 1. The van der Waals surface area contributed by atoms with Gasteiger partial charge < -0.3 is 14.8 Å². The highest BCUT2D eigenvalue weighted by atomic mass is 16.6. The first-order valence-corrected chi connectivity index (χ1v) is 11.5. The fraction of sp³-hybridized carbons (Fsp3) is 0.308. The fourth-order valence-electron chi connectivity index (χ4n) is 3.93. The number of amides is 1. The van der Waals surface area contributed by atoms with Crippen molar-refractivity contribution in [1.82, 2.24) is 15.1 Å². The van der Waals surface area contributed by atoms with Gasteiger partial charge in [-0.25, -0.2) is 0 Å². The monoisotopic (exact) mass is 472 g/mol. The number of nitrogens with zero attached hydrogens (tertiary/aromatic N) is 4. The molecule has 0 saturated heterocycles. The molecule has 2 aromatic carbocycles. The van der Waals surface area contributed by atoms with Crippen molar-refractivity contribution in [2.75, 3.05) is 25.1 Å². The van der Waals surface area contributed by atoms with Crippen molar-refractivity contribution in [2.24, 2.45) is 4.99 Å². The van der Waals surface area contributed by atoms with Crippen molar-refractivity contribution < 1.29 is 14.3 Å². The van der Waals surface area contributed by atoms with Crippen molar-refractivity contribution in [1.29, 1.82) is 5.26 Å². The molecule has 35 heavy (non-hydrogen) atoms. The zero-order valence-corrected chi connectivity index (χ0v) is 20.1. The maximum absolute atomic E-state index is 12.9. The molecule has 3 aromatic rings. The van der Waals surface area contributed by atoms with E-state index in [9.17, 15) is 4.79 Å². The molecule has 2 N–H and O–H groups in total. The molecule has 0 aliphatic carbocycles. The van der Waals surface area contributed by atoms with E-state index >= 15 is 0 Å². The van der Waals surface area contributed by atoms with Gasteiger partial charge in [-0.1, -0.05) is 0 Å². The quantitative estimate of drug-likeness (QED) is 0.419. The van der Waals surface area contributed by atoms with E-state index in [1.165, 1.54) is 0 Å². The number of carbonyl (C=O) groups is 1. The van der Waals surface area contributed by atoms with Crippen LogP contribution in [0.4, 0.5) is 5.69 Å². The second kappa shape index (κ2) is 10.7. The summed E-state index contributed by atoms with van der Waals surface area (Å²) in [5.74, 6) is 1.30. The topological polar surface area (TPSA) is 114 Å². The summed E-state index contributed by atoms with van der Waals surface area (Å²) < 4.78 is 13.2. The summed E-state index contributed by atoms with van der Waals surface area (Å²) in [7, 11) is 0. The second-order valence-electron chi connectivity index (χ2n) is 8.07. The minimum Gasteiger partial charge on any atom is -0.486 e. The molecule has 9 nitrogen and oxygen atoms in total. The number of anilines is 1. The summed E-state index contributed by atoms with van der Waals surface area (Å²) in [6, 6.07) is 14.0. The first kappa shape index (κ1) is 23.8. The molecule has 2 heterocycles. The Morgan fingerprint density at radius 2 is 1.89 bits per heavy atom. The Kier molecular flexibility index (Phi) is 7.31. The van der Waals surface area contributed by atoms with Crippen molar-refractivity contribution in [3.05, 3.63) is 70.5 Å². The highest BCUT2D eigenvalue weighted by molar-refractivity contribution is 6.10. The average molecular weight is 473 g/mol. The summed E-state index contributed by atoms with van der Waals surface area (Å²) in [6.45, 7) is 8.39. The molecule has 0 saturated carbocycles. The van der Waals surface area contributed by atoms with E-state index in [1.54, 1.807) is 24.3 Å². The predicted molar refractivity (Wildman–Crippen MR) is 133 cm³/mol. The third-order valence-electron chi connectivity index (χ3n) is 5.78. The molecule has 1 aliphatic heterocycles. The molecule has 0 radical (unpaired) electrons. The molecule has 1 amide bonds. The molecule has 1 aliphatic rings. The van der Waals surface area contributed by atoms with Crippen molar-refractivity contribution in [2.45, 2.75) is 33.7 Å². The minimum atomic E-state index is -0.329. The van der Waals surface area contributed by atoms with Crippen LogP contribution in [0.3, 0.4) is 0 Å². The normalized spacial score (nSPS) is 12.7. The number of carbonyl (C=O) groups excluding carboxylic acids is 1. The first-order chi connectivity index (χ1) is 17.0. The molecule has 1 aromatic heterocycles. The molecule has 4 rings (SSSR count). The van der Waals surface area contributed by atoms with Gasteiger partial charge in [0.25, 0.3) is 5.91 Å².